The van der Waals surface area contributed by atoms with Crippen LogP contribution in [0.25, 0.3) is 12.2 Å². The second-order valence-electron chi connectivity index (χ2n) is 7.01. The molecule has 0 saturated carbocycles. The molecule has 0 aliphatic rings. The molecule has 1 heterocycles. The van der Waals surface area contributed by atoms with Crippen molar-refractivity contribution in [2.24, 2.45) is 5.90 Å². The zero-order valence-corrected chi connectivity index (χ0v) is 17.4. The summed E-state index contributed by atoms with van der Waals surface area (Å²) in [6.45, 7) is 4.39. The molecule has 0 aliphatic heterocycles. The van der Waals surface area contributed by atoms with Crippen LogP contribution in [0.3, 0.4) is 0 Å². The number of hydrogen-bond donors (Lipinski definition) is 1. The first-order valence-electron chi connectivity index (χ1n) is 9.03. The summed E-state index contributed by atoms with van der Waals surface area (Å²) in [4.78, 5) is 7.94. The Kier molecular flexibility index (Phi) is 7.21. The van der Waals surface area contributed by atoms with Crippen LogP contribution in [0.4, 0.5) is 0 Å². The Labute approximate surface area is 179 Å². The summed E-state index contributed by atoms with van der Waals surface area (Å²) in [5.41, 5.74) is 3.38. The van der Waals surface area contributed by atoms with Crippen LogP contribution in [0.15, 0.2) is 55.1 Å². The maximum absolute atomic E-state index is 9.56. The molecule has 0 saturated heterocycles. The second-order valence-corrected chi connectivity index (χ2v) is 7.45. The molecule has 2 aromatic carbocycles. The van der Waals surface area contributed by atoms with Crippen molar-refractivity contribution < 1.29 is 13.5 Å². The van der Waals surface area contributed by atoms with E-state index < -0.39 is 5.41 Å². The Hall–Kier alpha value is -3.16. The van der Waals surface area contributed by atoms with Crippen molar-refractivity contribution in [1.29, 1.82) is 5.26 Å². The summed E-state index contributed by atoms with van der Waals surface area (Å²) in [6.07, 6.45) is 7.18. The Morgan fingerprint density at radius 3 is 2.60 bits per heavy atom. The highest BCUT2D eigenvalue weighted by Crippen LogP contribution is 2.26. The van der Waals surface area contributed by atoms with Crippen molar-refractivity contribution in [3.8, 4) is 11.8 Å². The number of benzene rings is 2. The molecular weight excluding hydrogens is 402 g/mol. The summed E-state index contributed by atoms with van der Waals surface area (Å²) in [7, 11) is 0. The summed E-state index contributed by atoms with van der Waals surface area (Å²) in [5.74, 6) is 5.35. The maximum Gasteiger partial charge on any atom is 0.260 e. The van der Waals surface area contributed by atoms with Crippen LogP contribution in [0, 0.1) is 11.3 Å². The molecule has 3 rings (SSSR count). The van der Waals surface area contributed by atoms with Crippen molar-refractivity contribution in [3.63, 3.8) is 0 Å². The summed E-state index contributed by atoms with van der Waals surface area (Å²) >= 11 is 0.628. The number of rotatable bonds is 9. The van der Waals surface area contributed by atoms with Gasteiger partial charge in [-0.2, -0.15) is 16.3 Å². The molecule has 154 valence electrons. The highest BCUT2D eigenvalue weighted by Gasteiger charge is 2.20. The molecule has 30 heavy (non-hydrogen) atoms. The van der Waals surface area contributed by atoms with Crippen LogP contribution in [-0.2, 0) is 21.3 Å². The smallest absolute Gasteiger partial charge is 0.260 e. The minimum absolute atomic E-state index is 0.578. The lowest BCUT2D eigenvalue weighted by Gasteiger charge is -2.18. The minimum Gasteiger partial charge on any atom is -0.399 e. The standard InChI is InChI=1S/C21H21N5O3S/c1-21(2,13-22)19-10-17(9-18(11-19)12-26-15-24-14-25-26)4-3-16-5-7-20(8-6-16)27-30-29-28-23/h3-11,14-15H,12,23H2,1-2H3. The molecule has 0 aliphatic carbocycles. The molecule has 0 unspecified atom stereocenters. The predicted octanol–water partition coefficient (Wildman–Crippen LogP) is 4.06. The van der Waals surface area contributed by atoms with Crippen molar-refractivity contribution in [2.45, 2.75) is 25.8 Å². The molecule has 0 atom stereocenters. The van der Waals surface area contributed by atoms with Crippen LogP contribution in [-0.4, -0.2) is 14.8 Å². The molecule has 0 spiro atoms. The maximum atomic E-state index is 9.56. The largest absolute Gasteiger partial charge is 0.399 e. The average molecular weight is 423 g/mol. The van der Waals surface area contributed by atoms with Gasteiger partial charge in [-0.25, -0.2) is 9.67 Å². The lowest BCUT2D eigenvalue weighted by molar-refractivity contribution is -0.199. The van der Waals surface area contributed by atoms with Gasteiger partial charge in [0, 0.05) is 0 Å². The van der Waals surface area contributed by atoms with E-state index in [0.29, 0.717) is 24.6 Å². The van der Waals surface area contributed by atoms with Gasteiger partial charge in [-0.15, -0.1) is 9.32 Å². The summed E-state index contributed by atoms with van der Waals surface area (Å²) < 4.78 is 11.4. The topological polar surface area (TPSA) is 108 Å². The number of nitrogens with two attached hydrogens (primary N) is 1. The molecule has 9 heteroatoms. The molecule has 0 fully saturated rings. The Balaban J connectivity index is 1.81. The fourth-order valence-corrected chi connectivity index (χ4v) is 2.98. The van der Waals surface area contributed by atoms with Gasteiger partial charge in [0.2, 0.25) is 0 Å². The molecular formula is C21H21N5O3S. The van der Waals surface area contributed by atoms with E-state index in [9.17, 15) is 5.26 Å². The van der Waals surface area contributed by atoms with Gasteiger partial charge in [-0.3, -0.25) is 0 Å². The number of aromatic nitrogens is 3. The molecule has 0 bridgehead atoms. The molecule has 2 N–H and O–H groups in total. The van der Waals surface area contributed by atoms with Gasteiger partial charge in [0.1, 0.15) is 18.4 Å². The van der Waals surface area contributed by atoms with Crippen molar-refractivity contribution in [3.05, 3.63) is 77.4 Å². The van der Waals surface area contributed by atoms with Gasteiger partial charge in [-0.05, 0) is 54.3 Å². The third-order valence-corrected chi connectivity index (χ3v) is 4.77. The van der Waals surface area contributed by atoms with E-state index in [1.807, 2.05) is 50.3 Å². The van der Waals surface area contributed by atoms with E-state index >= 15 is 0 Å². The minimum atomic E-state index is -0.604. The van der Waals surface area contributed by atoms with Gasteiger partial charge < -0.3 is 4.18 Å². The lowest BCUT2D eigenvalue weighted by Crippen LogP contribution is -2.15. The fraction of sp³-hybridized carbons (Fsp3) is 0.190. The Morgan fingerprint density at radius 1 is 1.17 bits per heavy atom. The molecule has 1 aromatic heterocycles. The van der Waals surface area contributed by atoms with Gasteiger partial charge in [0.15, 0.2) is 0 Å². The Morgan fingerprint density at radius 2 is 1.93 bits per heavy atom. The zero-order chi connectivity index (χ0) is 21.4. The number of nitriles is 1. The Bertz CT molecular complexity index is 1030. The summed E-state index contributed by atoms with van der Waals surface area (Å²) in [5, 5.41) is 13.7. The quantitative estimate of drug-likeness (QED) is 0.180. The predicted molar refractivity (Wildman–Crippen MR) is 114 cm³/mol. The molecule has 3 aromatic rings. The van der Waals surface area contributed by atoms with Gasteiger partial charge >= 0.3 is 0 Å². The SMILES string of the molecule is CC(C)(C#N)c1cc(C=Cc2ccc(OSOON)cc2)cc(Cn2cncn2)c1. The van der Waals surface area contributed by atoms with E-state index in [4.69, 9.17) is 10.1 Å². The van der Waals surface area contributed by atoms with E-state index in [1.165, 1.54) is 6.33 Å². The van der Waals surface area contributed by atoms with Crippen molar-refractivity contribution in [2.75, 3.05) is 0 Å². The third-order valence-electron chi connectivity index (χ3n) is 4.37. The zero-order valence-electron chi connectivity index (χ0n) is 16.6. The van der Waals surface area contributed by atoms with Crippen molar-refractivity contribution in [1.82, 2.24) is 14.8 Å². The highest BCUT2D eigenvalue weighted by atomic mass is 32.2. The second kappa shape index (κ2) is 10.0. The van der Waals surface area contributed by atoms with E-state index in [2.05, 4.69) is 31.5 Å². The van der Waals surface area contributed by atoms with Gasteiger partial charge in [0.05, 0.1) is 18.0 Å². The van der Waals surface area contributed by atoms with Crippen LogP contribution in [0.2, 0.25) is 0 Å². The average Bonchev–Trinajstić information content (AvgIpc) is 3.26. The fourth-order valence-electron chi connectivity index (χ4n) is 2.73. The van der Waals surface area contributed by atoms with Crippen LogP contribution >= 0.6 is 12.3 Å². The van der Waals surface area contributed by atoms with E-state index in [-0.39, 0.29) is 0 Å². The van der Waals surface area contributed by atoms with Gasteiger partial charge in [0.25, 0.3) is 12.3 Å². The van der Waals surface area contributed by atoms with Crippen LogP contribution in [0.1, 0.15) is 36.1 Å². The molecule has 0 amide bonds. The number of hydrogen-bond acceptors (Lipinski definition) is 8. The summed E-state index contributed by atoms with van der Waals surface area (Å²) in [6, 6.07) is 15.9. The molecule has 0 radical (unpaired) electrons. The lowest BCUT2D eigenvalue weighted by atomic mass is 9.84. The van der Waals surface area contributed by atoms with E-state index in [1.54, 1.807) is 23.1 Å². The first-order chi connectivity index (χ1) is 14.5. The first-order valence-corrected chi connectivity index (χ1v) is 9.70. The first kappa shape index (κ1) is 21.5. The molecule has 8 nitrogen and oxygen atoms in total. The number of nitrogens with zero attached hydrogens (tertiary/aromatic N) is 4. The third kappa shape index (κ3) is 5.92. The van der Waals surface area contributed by atoms with E-state index in [0.717, 1.165) is 22.3 Å². The van der Waals surface area contributed by atoms with Crippen LogP contribution in [0.5, 0.6) is 5.75 Å². The van der Waals surface area contributed by atoms with Gasteiger partial charge in [-0.1, -0.05) is 36.4 Å². The highest BCUT2D eigenvalue weighted by molar-refractivity contribution is 7.90. The normalized spacial score (nSPS) is 11.5. The van der Waals surface area contributed by atoms with Crippen molar-refractivity contribution >= 4 is 24.5 Å². The monoisotopic (exact) mass is 423 g/mol. The van der Waals surface area contributed by atoms with Crippen LogP contribution < -0.4 is 10.1 Å².